The number of nitrogens with one attached hydrogen (secondary N) is 2. The molecule has 1 aromatic heterocycles. The van der Waals surface area contributed by atoms with Gasteiger partial charge in [-0.15, -0.1) is 0 Å². The molecule has 2 aliphatic rings. The van der Waals surface area contributed by atoms with Gasteiger partial charge in [0.05, 0.1) is 12.2 Å². The Morgan fingerprint density at radius 3 is 2.59 bits per heavy atom. The van der Waals surface area contributed by atoms with Crippen molar-refractivity contribution in [3.05, 3.63) is 64.9 Å². The highest BCUT2D eigenvalue weighted by molar-refractivity contribution is 6.31. The Morgan fingerprint density at radius 1 is 1.05 bits per heavy atom. The number of amides is 1. The van der Waals surface area contributed by atoms with Crippen LogP contribution in [0.3, 0.4) is 0 Å². The van der Waals surface area contributed by atoms with E-state index in [0.29, 0.717) is 50.6 Å². The molecule has 3 N–H and O–H groups in total. The fraction of sp³-hybridized carbons (Fsp3) is 0.414. The van der Waals surface area contributed by atoms with E-state index in [2.05, 4.69) is 49.8 Å². The number of carbonyl (C=O) groups excluding carboxylic acids is 1. The van der Waals surface area contributed by atoms with E-state index in [1.165, 1.54) is 4.68 Å². The largest absolute Gasteiger partial charge is 0.478 e. The van der Waals surface area contributed by atoms with E-state index >= 15 is 0 Å². The summed E-state index contributed by atoms with van der Waals surface area (Å²) in [4.78, 5) is 27.7. The van der Waals surface area contributed by atoms with Gasteiger partial charge in [0.2, 0.25) is 5.91 Å². The first-order valence-corrected chi connectivity index (χ1v) is 14.2. The van der Waals surface area contributed by atoms with Gasteiger partial charge in [0.15, 0.2) is 0 Å². The van der Waals surface area contributed by atoms with Crippen LogP contribution in [-0.2, 0) is 4.79 Å². The van der Waals surface area contributed by atoms with Crippen molar-refractivity contribution in [2.75, 3.05) is 55.6 Å². The molecule has 1 amide bonds. The van der Waals surface area contributed by atoms with Crippen LogP contribution in [-0.4, -0.2) is 72.6 Å². The highest BCUT2D eigenvalue weighted by atomic mass is 35.5. The number of carbonyl (C=O) groups is 2. The fourth-order valence-electron chi connectivity index (χ4n) is 5.61. The molecule has 218 valence electrons. The highest BCUT2D eigenvalue weighted by Crippen LogP contribution is 2.38. The van der Waals surface area contributed by atoms with Gasteiger partial charge in [0.1, 0.15) is 11.3 Å². The van der Waals surface area contributed by atoms with Crippen molar-refractivity contribution in [2.24, 2.45) is 0 Å². The van der Waals surface area contributed by atoms with Gasteiger partial charge in [-0.1, -0.05) is 29.8 Å². The lowest BCUT2D eigenvalue weighted by atomic mass is 9.99. The van der Waals surface area contributed by atoms with Gasteiger partial charge in [-0.25, -0.2) is 13.6 Å². The minimum absolute atomic E-state index is 0.0465. The molecular formula is C29H33ClF2N6O3. The number of aromatic nitrogens is 2. The Morgan fingerprint density at radius 2 is 1.83 bits per heavy atom. The molecule has 2 aromatic carbocycles. The Bertz CT molecular complexity index is 1380. The maximum absolute atomic E-state index is 13.9. The normalized spacial score (nSPS) is 18.8. The third-order valence-electron chi connectivity index (χ3n) is 7.65. The topological polar surface area (TPSA) is 103 Å². The number of rotatable bonds is 6. The third kappa shape index (κ3) is 6.62. The number of halogens is 3. The number of nitrogens with zero attached hydrogens (tertiary/aromatic N) is 4. The number of anilines is 2. The highest BCUT2D eigenvalue weighted by Gasteiger charge is 2.31. The number of benzene rings is 2. The second-order valence-corrected chi connectivity index (χ2v) is 10.7. The summed E-state index contributed by atoms with van der Waals surface area (Å²) >= 11 is 6.42. The summed E-state index contributed by atoms with van der Waals surface area (Å²) in [6, 6.07) is 13.5. The number of carboxylic acid groups (broad SMARTS) is 1. The molecule has 12 heteroatoms. The standard InChI is InChI=1S/C29H33ClF2N6O3/c30-20-5-8-23(19-3-6-21(7-4-19)36-14-11-33-10-9-26(39)34-12-15-36)25(16-20)37-13-1-2-22(18-37)38-27(28(31)32)24(17-35-38)29(40)41/h3-8,16-17,22,28,33H,1-2,9-15,18H2,(H,34,39)(H,40,41). The maximum atomic E-state index is 13.9. The molecule has 1 unspecified atom stereocenters. The Balaban J connectivity index is 1.38. The van der Waals surface area contributed by atoms with Gasteiger partial charge < -0.3 is 25.5 Å². The van der Waals surface area contributed by atoms with Gasteiger partial charge in [0, 0.05) is 74.2 Å². The van der Waals surface area contributed by atoms with Crippen molar-refractivity contribution in [1.29, 1.82) is 0 Å². The first kappa shape index (κ1) is 28.8. The minimum atomic E-state index is -2.95. The lowest BCUT2D eigenvalue weighted by Crippen LogP contribution is -2.41. The van der Waals surface area contributed by atoms with Gasteiger partial charge in [-0.3, -0.25) is 9.48 Å². The lowest BCUT2D eigenvalue weighted by Gasteiger charge is -2.36. The Kier molecular flexibility index (Phi) is 9.04. The smallest absolute Gasteiger partial charge is 0.339 e. The molecule has 5 rings (SSSR count). The Hall–Kier alpha value is -3.70. The predicted molar refractivity (Wildman–Crippen MR) is 154 cm³/mol. The van der Waals surface area contributed by atoms with E-state index in [4.69, 9.17) is 11.6 Å². The van der Waals surface area contributed by atoms with E-state index in [1.54, 1.807) is 0 Å². The SMILES string of the molecule is O=C1CCNCCN(c2ccc(-c3ccc(Cl)cc3N3CCCC(n4ncc(C(=O)O)c4C(F)F)C3)cc2)CCN1. The summed E-state index contributed by atoms with van der Waals surface area (Å²) in [6.45, 7) is 4.61. The van der Waals surface area contributed by atoms with Crippen LogP contribution in [0.4, 0.5) is 20.2 Å². The molecule has 41 heavy (non-hydrogen) atoms. The second-order valence-electron chi connectivity index (χ2n) is 10.3. The van der Waals surface area contributed by atoms with Crippen LogP contribution < -0.4 is 20.4 Å². The second kappa shape index (κ2) is 12.9. The van der Waals surface area contributed by atoms with Crippen LogP contribution in [0.1, 0.15) is 47.8 Å². The summed E-state index contributed by atoms with van der Waals surface area (Å²) in [5, 5.41) is 20.3. The zero-order valence-corrected chi connectivity index (χ0v) is 23.3. The minimum Gasteiger partial charge on any atom is -0.478 e. The van der Waals surface area contributed by atoms with Gasteiger partial charge in [0.25, 0.3) is 6.43 Å². The maximum Gasteiger partial charge on any atom is 0.339 e. The van der Waals surface area contributed by atoms with E-state index in [-0.39, 0.29) is 5.91 Å². The molecule has 0 aliphatic carbocycles. The molecule has 2 aliphatic heterocycles. The first-order valence-electron chi connectivity index (χ1n) is 13.8. The van der Waals surface area contributed by atoms with E-state index in [0.717, 1.165) is 48.2 Å². The molecule has 0 radical (unpaired) electrons. The van der Waals surface area contributed by atoms with Crippen LogP contribution in [0.5, 0.6) is 0 Å². The van der Waals surface area contributed by atoms with Crippen molar-refractivity contribution < 1.29 is 23.5 Å². The van der Waals surface area contributed by atoms with Gasteiger partial charge >= 0.3 is 5.97 Å². The number of aromatic carboxylic acids is 1. The van der Waals surface area contributed by atoms with E-state index in [9.17, 15) is 23.5 Å². The van der Waals surface area contributed by atoms with Crippen LogP contribution >= 0.6 is 11.6 Å². The molecule has 3 aromatic rings. The molecule has 9 nitrogen and oxygen atoms in total. The average Bonchev–Trinajstić information content (AvgIpc) is 3.43. The molecule has 2 fully saturated rings. The van der Waals surface area contributed by atoms with Crippen LogP contribution in [0.15, 0.2) is 48.7 Å². The van der Waals surface area contributed by atoms with E-state index < -0.39 is 29.7 Å². The molecule has 0 bridgehead atoms. The molecule has 0 saturated carbocycles. The number of alkyl halides is 2. The lowest BCUT2D eigenvalue weighted by molar-refractivity contribution is -0.120. The number of piperidine rings is 1. The number of hydrogen-bond donors (Lipinski definition) is 3. The van der Waals surface area contributed by atoms with Crippen LogP contribution in [0, 0.1) is 0 Å². The van der Waals surface area contributed by atoms with Crippen molar-refractivity contribution in [3.8, 4) is 11.1 Å². The summed E-state index contributed by atoms with van der Waals surface area (Å²) < 4.78 is 28.9. The van der Waals surface area contributed by atoms with Crippen LogP contribution in [0.2, 0.25) is 5.02 Å². The summed E-state index contributed by atoms with van der Waals surface area (Å²) in [5.41, 5.74) is 2.84. The fourth-order valence-corrected chi connectivity index (χ4v) is 5.78. The molecule has 2 saturated heterocycles. The molecule has 0 spiro atoms. The summed E-state index contributed by atoms with van der Waals surface area (Å²) in [7, 11) is 0. The van der Waals surface area contributed by atoms with Gasteiger partial charge in [-0.05, 0) is 42.7 Å². The Labute approximate surface area is 242 Å². The monoisotopic (exact) mass is 586 g/mol. The van der Waals surface area contributed by atoms with Crippen molar-refractivity contribution in [1.82, 2.24) is 20.4 Å². The van der Waals surface area contributed by atoms with Crippen molar-refractivity contribution in [2.45, 2.75) is 31.7 Å². The molecule has 3 heterocycles. The molecule has 1 atom stereocenters. The average molecular weight is 587 g/mol. The van der Waals surface area contributed by atoms with E-state index in [1.807, 2.05) is 18.2 Å². The molecular weight excluding hydrogens is 554 g/mol. The predicted octanol–water partition coefficient (Wildman–Crippen LogP) is 4.60. The summed E-state index contributed by atoms with van der Waals surface area (Å²) in [6.07, 6.45) is -0.135. The number of hydrogen-bond acceptors (Lipinski definition) is 6. The third-order valence-corrected chi connectivity index (χ3v) is 7.88. The quantitative estimate of drug-likeness (QED) is 0.388. The zero-order chi connectivity index (χ0) is 28.9. The zero-order valence-electron chi connectivity index (χ0n) is 22.5. The first-order chi connectivity index (χ1) is 19.8. The van der Waals surface area contributed by atoms with Crippen molar-refractivity contribution >= 4 is 34.9 Å². The number of carboxylic acids is 1. The van der Waals surface area contributed by atoms with Gasteiger partial charge in [-0.2, -0.15) is 5.10 Å². The van der Waals surface area contributed by atoms with Crippen LogP contribution in [0.25, 0.3) is 11.1 Å². The summed E-state index contributed by atoms with van der Waals surface area (Å²) in [5.74, 6) is -1.37. The van der Waals surface area contributed by atoms with Crippen molar-refractivity contribution in [3.63, 3.8) is 0 Å².